The summed E-state index contributed by atoms with van der Waals surface area (Å²) in [7, 11) is 1.65. The maximum Gasteiger partial charge on any atom is 0.410 e. The van der Waals surface area contributed by atoms with E-state index < -0.39 is 17.8 Å². The summed E-state index contributed by atoms with van der Waals surface area (Å²) in [5.41, 5.74) is 1.92. The molecule has 0 spiro atoms. The second kappa shape index (κ2) is 8.92. The van der Waals surface area contributed by atoms with Gasteiger partial charge in [0.05, 0.1) is 6.10 Å². The maximum absolute atomic E-state index is 11.9. The highest BCUT2D eigenvalue weighted by atomic mass is 16.6. The number of hydrogen-bond donors (Lipinski definition) is 1. The smallest absolute Gasteiger partial charge is 0.410 e. The van der Waals surface area contributed by atoms with Gasteiger partial charge < -0.3 is 14.7 Å². The van der Waals surface area contributed by atoms with Crippen LogP contribution in [0.15, 0.2) is 24.3 Å². The molecule has 0 bridgehead atoms. The van der Waals surface area contributed by atoms with Crippen molar-refractivity contribution in [3.63, 3.8) is 0 Å². The number of hydrogen-bond acceptors (Lipinski definition) is 3. The van der Waals surface area contributed by atoms with Crippen LogP contribution in [-0.4, -0.2) is 41.4 Å². The number of rotatable bonds is 7. The van der Waals surface area contributed by atoms with Gasteiger partial charge in [0.25, 0.3) is 0 Å². The van der Waals surface area contributed by atoms with Crippen LogP contribution in [-0.2, 0) is 17.6 Å². The summed E-state index contributed by atoms with van der Waals surface area (Å²) in [6.07, 6.45) is 2.86. The summed E-state index contributed by atoms with van der Waals surface area (Å²) < 4.78 is 5.30. The molecule has 1 aromatic carbocycles. The molecule has 130 valence electrons. The third-order valence-corrected chi connectivity index (χ3v) is 3.56. The number of likely N-dealkylation sites (N-methyl/N-ethyl adjacent to an activating group) is 1. The first-order chi connectivity index (χ1) is 10.7. The largest absolute Gasteiger partial charge is 0.444 e. The van der Waals surface area contributed by atoms with Crippen LogP contribution in [0, 0.1) is 0 Å². The predicted molar refractivity (Wildman–Crippen MR) is 93.6 cm³/mol. The van der Waals surface area contributed by atoms with Crippen molar-refractivity contribution < 1.29 is 14.6 Å². The van der Waals surface area contributed by atoms with Gasteiger partial charge in [0.1, 0.15) is 5.60 Å². The van der Waals surface area contributed by atoms with Crippen molar-refractivity contribution in [2.24, 2.45) is 0 Å². The van der Waals surface area contributed by atoms with Crippen molar-refractivity contribution >= 4 is 6.09 Å². The van der Waals surface area contributed by atoms with Gasteiger partial charge in [-0.2, -0.15) is 0 Å². The van der Waals surface area contributed by atoms with E-state index in [0.29, 0.717) is 6.42 Å². The number of aryl methyl sites for hydroxylation is 1. The number of amides is 1. The van der Waals surface area contributed by atoms with E-state index in [0.717, 1.165) is 24.8 Å². The second-order valence-corrected chi connectivity index (χ2v) is 7.09. The van der Waals surface area contributed by atoms with E-state index in [-0.39, 0.29) is 6.54 Å². The van der Waals surface area contributed by atoms with Crippen LogP contribution in [0.1, 0.15) is 51.7 Å². The molecule has 0 aliphatic carbocycles. The first-order valence-corrected chi connectivity index (χ1v) is 8.42. The summed E-state index contributed by atoms with van der Waals surface area (Å²) in [4.78, 5) is 13.4. The van der Waals surface area contributed by atoms with Crippen LogP contribution in [0.4, 0.5) is 4.79 Å². The molecule has 1 atom stereocenters. The monoisotopic (exact) mass is 321 g/mol. The van der Waals surface area contributed by atoms with Gasteiger partial charge in [-0.15, -0.1) is 0 Å². The van der Waals surface area contributed by atoms with Crippen LogP contribution in [0.5, 0.6) is 0 Å². The first kappa shape index (κ1) is 19.5. The molecule has 4 heteroatoms. The molecule has 1 unspecified atom stereocenters. The Balaban J connectivity index is 2.59. The van der Waals surface area contributed by atoms with Gasteiger partial charge in [-0.3, -0.25) is 0 Å². The lowest BCUT2D eigenvalue weighted by molar-refractivity contribution is 0.0207. The van der Waals surface area contributed by atoms with Crippen LogP contribution >= 0.6 is 0 Å². The summed E-state index contributed by atoms with van der Waals surface area (Å²) >= 11 is 0. The zero-order valence-corrected chi connectivity index (χ0v) is 15.1. The van der Waals surface area contributed by atoms with Crippen LogP contribution in [0.3, 0.4) is 0 Å². The Kier molecular flexibility index (Phi) is 7.56. The lowest BCUT2D eigenvalue weighted by atomic mass is 9.97. The highest BCUT2D eigenvalue weighted by Crippen LogP contribution is 2.15. The summed E-state index contributed by atoms with van der Waals surface area (Å²) in [6, 6.07) is 8.21. The van der Waals surface area contributed by atoms with E-state index in [2.05, 4.69) is 19.1 Å². The lowest BCUT2D eigenvalue weighted by Gasteiger charge is -2.26. The average molecular weight is 321 g/mol. The number of carbonyl (C=O) groups is 1. The Labute approximate surface area is 140 Å². The number of aliphatic hydroxyl groups is 1. The van der Waals surface area contributed by atoms with E-state index in [4.69, 9.17) is 4.74 Å². The molecule has 0 heterocycles. The van der Waals surface area contributed by atoms with Crippen LogP contribution in [0.2, 0.25) is 0 Å². The number of aliphatic hydroxyl groups excluding tert-OH is 1. The van der Waals surface area contributed by atoms with Gasteiger partial charge in [-0.1, -0.05) is 37.6 Å². The van der Waals surface area contributed by atoms with Crippen molar-refractivity contribution in [3.8, 4) is 0 Å². The SMILES string of the molecule is CCCCc1ccccc1CC(O)CN(C)C(=O)OC(C)(C)C. The van der Waals surface area contributed by atoms with Crippen molar-refractivity contribution in [2.75, 3.05) is 13.6 Å². The minimum absolute atomic E-state index is 0.261. The van der Waals surface area contributed by atoms with Crippen molar-refractivity contribution in [3.05, 3.63) is 35.4 Å². The summed E-state index contributed by atoms with van der Waals surface area (Å²) in [6.45, 7) is 7.93. The molecule has 0 aliphatic rings. The quantitative estimate of drug-likeness (QED) is 0.831. The van der Waals surface area contributed by atoms with Crippen molar-refractivity contribution in [1.82, 2.24) is 4.90 Å². The fourth-order valence-corrected chi connectivity index (χ4v) is 2.42. The summed E-state index contributed by atoms with van der Waals surface area (Å²) in [5, 5.41) is 10.3. The van der Waals surface area contributed by atoms with Gasteiger partial charge in [0.2, 0.25) is 0 Å². The molecule has 1 N–H and O–H groups in total. The van der Waals surface area contributed by atoms with Gasteiger partial charge in [0.15, 0.2) is 0 Å². The summed E-state index contributed by atoms with van der Waals surface area (Å²) in [5.74, 6) is 0. The maximum atomic E-state index is 11.9. The topological polar surface area (TPSA) is 49.8 Å². The first-order valence-electron chi connectivity index (χ1n) is 8.42. The molecule has 0 radical (unpaired) electrons. The lowest BCUT2D eigenvalue weighted by Crippen LogP contribution is -2.39. The van der Waals surface area contributed by atoms with Gasteiger partial charge in [0, 0.05) is 20.0 Å². The normalized spacial score (nSPS) is 12.8. The minimum Gasteiger partial charge on any atom is -0.444 e. The number of nitrogens with zero attached hydrogens (tertiary/aromatic N) is 1. The van der Waals surface area contributed by atoms with E-state index in [1.165, 1.54) is 10.5 Å². The predicted octanol–water partition coefficient (Wildman–Crippen LogP) is 3.80. The molecule has 0 aliphatic heterocycles. The second-order valence-electron chi connectivity index (χ2n) is 7.09. The van der Waals surface area contributed by atoms with Gasteiger partial charge >= 0.3 is 6.09 Å². The highest BCUT2D eigenvalue weighted by molar-refractivity contribution is 5.67. The third kappa shape index (κ3) is 7.51. The number of carbonyl (C=O) groups excluding carboxylic acids is 1. The molecule has 1 aromatic rings. The molecular weight excluding hydrogens is 290 g/mol. The zero-order chi connectivity index (χ0) is 17.5. The molecule has 4 nitrogen and oxygen atoms in total. The molecule has 0 aromatic heterocycles. The average Bonchev–Trinajstić information content (AvgIpc) is 2.44. The number of unbranched alkanes of at least 4 members (excludes halogenated alkanes) is 1. The number of benzene rings is 1. The Bertz CT molecular complexity index is 494. The van der Waals surface area contributed by atoms with E-state index in [1.807, 2.05) is 32.9 Å². The van der Waals surface area contributed by atoms with E-state index in [1.54, 1.807) is 7.05 Å². The zero-order valence-electron chi connectivity index (χ0n) is 15.1. The Hall–Kier alpha value is -1.55. The van der Waals surface area contributed by atoms with Crippen molar-refractivity contribution in [1.29, 1.82) is 0 Å². The molecule has 0 fully saturated rings. The van der Waals surface area contributed by atoms with Crippen LogP contribution < -0.4 is 0 Å². The Morgan fingerprint density at radius 1 is 1.26 bits per heavy atom. The molecule has 1 rings (SSSR count). The van der Waals surface area contributed by atoms with Gasteiger partial charge in [-0.05, 0) is 44.7 Å². The fourth-order valence-electron chi connectivity index (χ4n) is 2.42. The number of ether oxygens (including phenoxy) is 1. The molecule has 1 amide bonds. The van der Waals surface area contributed by atoms with E-state index >= 15 is 0 Å². The Morgan fingerprint density at radius 3 is 2.43 bits per heavy atom. The third-order valence-electron chi connectivity index (χ3n) is 3.56. The molecule has 0 saturated heterocycles. The minimum atomic E-state index is -0.602. The van der Waals surface area contributed by atoms with Crippen molar-refractivity contribution in [2.45, 2.75) is 65.1 Å². The molecular formula is C19H31NO3. The standard InChI is InChI=1S/C19H31NO3/c1-6-7-10-15-11-8-9-12-16(15)13-17(21)14-20(5)18(22)23-19(2,3)4/h8-9,11-12,17,21H,6-7,10,13-14H2,1-5H3. The Morgan fingerprint density at radius 2 is 1.87 bits per heavy atom. The van der Waals surface area contributed by atoms with Crippen LogP contribution in [0.25, 0.3) is 0 Å². The van der Waals surface area contributed by atoms with E-state index in [9.17, 15) is 9.90 Å². The highest BCUT2D eigenvalue weighted by Gasteiger charge is 2.21. The molecule has 0 saturated carbocycles. The molecule has 23 heavy (non-hydrogen) atoms. The van der Waals surface area contributed by atoms with Gasteiger partial charge in [-0.25, -0.2) is 4.79 Å². The fraction of sp³-hybridized carbons (Fsp3) is 0.632.